The molecule has 0 unspecified atom stereocenters. The first-order chi connectivity index (χ1) is 18.0. The Kier molecular flexibility index (Phi) is 8.89. The third-order valence-corrected chi connectivity index (χ3v) is 6.29. The molecule has 192 valence electrons. The highest BCUT2D eigenvalue weighted by Gasteiger charge is 2.15. The lowest BCUT2D eigenvalue weighted by atomic mass is 9.97. The Morgan fingerprint density at radius 3 is 1.95 bits per heavy atom. The fourth-order valence-electron chi connectivity index (χ4n) is 4.19. The summed E-state index contributed by atoms with van der Waals surface area (Å²) in [5.74, 6) is -0.817. The van der Waals surface area contributed by atoms with Crippen molar-refractivity contribution in [2.75, 3.05) is 13.2 Å². The maximum atomic E-state index is 14.9. The van der Waals surface area contributed by atoms with Crippen LogP contribution in [0.25, 0.3) is 22.3 Å². The highest BCUT2D eigenvalue weighted by molar-refractivity contribution is 5.66. The number of benzene rings is 4. The summed E-state index contributed by atoms with van der Waals surface area (Å²) in [5.41, 5.74) is 3.33. The second-order valence-corrected chi connectivity index (χ2v) is 8.90. The Morgan fingerprint density at radius 2 is 1.27 bits per heavy atom. The lowest BCUT2D eigenvalue weighted by Gasteiger charge is -2.11. The summed E-state index contributed by atoms with van der Waals surface area (Å²) in [4.78, 5) is 0. The Morgan fingerprint density at radius 1 is 0.622 bits per heavy atom. The number of halogens is 3. The maximum absolute atomic E-state index is 14.9. The van der Waals surface area contributed by atoms with Crippen molar-refractivity contribution in [2.24, 2.45) is 0 Å². The second kappa shape index (κ2) is 12.5. The molecule has 0 bridgehead atoms. The van der Waals surface area contributed by atoms with Gasteiger partial charge in [-0.15, -0.1) is 0 Å². The average molecular weight is 505 g/mol. The van der Waals surface area contributed by atoms with E-state index in [4.69, 9.17) is 9.47 Å². The van der Waals surface area contributed by atoms with E-state index in [2.05, 4.69) is 6.92 Å². The Hall–Kier alpha value is -3.73. The molecule has 0 aliphatic carbocycles. The molecule has 0 amide bonds. The molecular weight excluding hydrogens is 473 g/mol. The van der Waals surface area contributed by atoms with E-state index in [1.165, 1.54) is 6.07 Å². The minimum absolute atomic E-state index is 0.225. The fraction of sp³-hybridized carbons (Fsp3) is 0.250. The number of ether oxygens (including phenoxy) is 2. The van der Waals surface area contributed by atoms with Gasteiger partial charge in [0.15, 0.2) is 11.6 Å². The molecule has 0 fully saturated rings. The molecule has 0 spiro atoms. The van der Waals surface area contributed by atoms with Crippen LogP contribution in [-0.4, -0.2) is 13.2 Å². The van der Waals surface area contributed by atoms with Crippen LogP contribution in [0, 0.1) is 17.5 Å². The van der Waals surface area contributed by atoms with E-state index in [-0.39, 0.29) is 11.4 Å². The molecule has 4 aromatic rings. The van der Waals surface area contributed by atoms with Gasteiger partial charge < -0.3 is 9.47 Å². The maximum Gasteiger partial charge on any atom is 0.166 e. The SMILES string of the molecule is CCCCOc1ccc(-c2ccc(CCc3ccc(-c4ccc(OCC)cc4F)cc3)c(F)c2F)cc1. The van der Waals surface area contributed by atoms with Crippen LogP contribution in [0.1, 0.15) is 37.8 Å². The van der Waals surface area contributed by atoms with Gasteiger partial charge in [0.25, 0.3) is 0 Å². The van der Waals surface area contributed by atoms with Gasteiger partial charge in [-0.25, -0.2) is 13.2 Å². The summed E-state index contributed by atoms with van der Waals surface area (Å²) in [6.45, 7) is 5.05. The van der Waals surface area contributed by atoms with Crippen LogP contribution in [0.5, 0.6) is 11.5 Å². The van der Waals surface area contributed by atoms with Crippen molar-refractivity contribution in [3.63, 3.8) is 0 Å². The minimum atomic E-state index is -0.849. The molecule has 0 heterocycles. The largest absolute Gasteiger partial charge is 0.494 e. The third kappa shape index (κ3) is 6.53. The van der Waals surface area contributed by atoms with Crippen LogP contribution in [-0.2, 0) is 12.8 Å². The molecule has 5 heteroatoms. The van der Waals surface area contributed by atoms with Crippen molar-refractivity contribution in [1.29, 1.82) is 0 Å². The second-order valence-electron chi connectivity index (χ2n) is 8.90. The molecule has 0 saturated carbocycles. The summed E-state index contributed by atoms with van der Waals surface area (Å²) in [6.07, 6.45) is 2.90. The normalized spacial score (nSPS) is 10.9. The molecule has 0 aliphatic rings. The van der Waals surface area contributed by atoms with Gasteiger partial charge in [-0.2, -0.15) is 0 Å². The number of aryl methyl sites for hydroxylation is 2. The van der Waals surface area contributed by atoms with Gasteiger partial charge in [0.2, 0.25) is 0 Å². The number of hydrogen-bond acceptors (Lipinski definition) is 2. The van der Waals surface area contributed by atoms with Crippen LogP contribution in [0.3, 0.4) is 0 Å². The predicted molar refractivity (Wildman–Crippen MR) is 143 cm³/mol. The van der Waals surface area contributed by atoms with E-state index in [0.29, 0.717) is 54.2 Å². The van der Waals surface area contributed by atoms with Gasteiger partial charge in [0, 0.05) is 17.2 Å². The molecular formula is C32H31F3O2. The molecule has 0 atom stereocenters. The highest BCUT2D eigenvalue weighted by Crippen LogP contribution is 2.30. The number of hydrogen-bond donors (Lipinski definition) is 0. The summed E-state index contributed by atoms with van der Waals surface area (Å²) in [6, 6.07) is 22.6. The van der Waals surface area contributed by atoms with Gasteiger partial charge in [-0.05, 0) is 72.7 Å². The first kappa shape index (κ1) is 26.3. The van der Waals surface area contributed by atoms with Crippen LogP contribution >= 0.6 is 0 Å². The number of rotatable bonds is 11. The zero-order valence-corrected chi connectivity index (χ0v) is 21.2. The van der Waals surface area contributed by atoms with Crippen LogP contribution in [0.2, 0.25) is 0 Å². The molecule has 37 heavy (non-hydrogen) atoms. The van der Waals surface area contributed by atoms with Crippen molar-refractivity contribution in [1.82, 2.24) is 0 Å². The molecule has 0 aromatic heterocycles. The third-order valence-electron chi connectivity index (χ3n) is 6.29. The van der Waals surface area contributed by atoms with Gasteiger partial charge in [-0.3, -0.25) is 0 Å². The van der Waals surface area contributed by atoms with Crippen molar-refractivity contribution >= 4 is 0 Å². The van der Waals surface area contributed by atoms with Crippen LogP contribution in [0.4, 0.5) is 13.2 Å². The summed E-state index contributed by atoms with van der Waals surface area (Å²) >= 11 is 0. The minimum Gasteiger partial charge on any atom is -0.494 e. The van der Waals surface area contributed by atoms with Crippen molar-refractivity contribution in [3.05, 3.63) is 107 Å². The zero-order chi connectivity index (χ0) is 26.2. The Balaban J connectivity index is 1.41. The van der Waals surface area contributed by atoms with Gasteiger partial charge in [0.05, 0.1) is 13.2 Å². The van der Waals surface area contributed by atoms with Gasteiger partial charge >= 0.3 is 0 Å². The van der Waals surface area contributed by atoms with E-state index in [1.807, 2.05) is 31.2 Å². The van der Waals surface area contributed by atoms with Gasteiger partial charge in [-0.1, -0.05) is 61.9 Å². The first-order valence-electron chi connectivity index (χ1n) is 12.7. The number of unbranched alkanes of at least 4 members (excludes halogenated alkanes) is 1. The monoisotopic (exact) mass is 504 g/mol. The van der Waals surface area contributed by atoms with Crippen molar-refractivity contribution in [3.8, 4) is 33.8 Å². The Labute approximate surface area is 216 Å². The first-order valence-corrected chi connectivity index (χ1v) is 12.7. The lowest BCUT2D eigenvalue weighted by molar-refractivity contribution is 0.309. The fourth-order valence-corrected chi connectivity index (χ4v) is 4.19. The quantitative estimate of drug-likeness (QED) is 0.190. The summed E-state index contributed by atoms with van der Waals surface area (Å²) in [5, 5.41) is 0. The van der Waals surface area contributed by atoms with Crippen molar-refractivity contribution < 1.29 is 22.6 Å². The smallest absolute Gasteiger partial charge is 0.166 e. The average Bonchev–Trinajstić information content (AvgIpc) is 2.91. The standard InChI is InChI=1S/C32H31F3O2/c1-3-5-20-37-26-15-12-24(13-16-26)29-18-14-25(31(34)32(29)35)11-8-22-6-9-23(10-7-22)28-19-17-27(36-4-2)21-30(28)33/h6-7,9-10,12-19,21H,3-5,8,11,20H2,1-2H3. The molecule has 0 aliphatic heterocycles. The van der Waals surface area contributed by atoms with Crippen LogP contribution in [0.15, 0.2) is 78.9 Å². The molecule has 0 saturated heterocycles. The lowest BCUT2D eigenvalue weighted by Crippen LogP contribution is -2.00. The molecule has 0 N–H and O–H groups in total. The predicted octanol–water partition coefficient (Wildman–Crippen LogP) is 8.80. The van der Waals surface area contributed by atoms with Crippen molar-refractivity contribution in [2.45, 2.75) is 39.5 Å². The van der Waals surface area contributed by atoms with E-state index in [1.54, 1.807) is 48.5 Å². The summed E-state index contributed by atoms with van der Waals surface area (Å²) < 4.78 is 55.3. The van der Waals surface area contributed by atoms with E-state index < -0.39 is 11.6 Å². The molecule has 4 rings (SSSR count). The van der Waals surface area contributed by atoms with Crippen LogP contribution < -0.4 is 9.47 Å². The zero-order valence-electron chi connectivity index (χ0n) is 21.2. The topological polar surface area (TPSA) is 18.5 Å². The van der Waals surface area contributed by atoms with E-state index >= 15 is 0 Å². The molecule has 4 aromatic carbocycles. The molecule has 0 radical (unpaired) electrons. The Bertz CT molecular complexity index is 1320. The van der Waals surface area contributed by atoms with Gasteiger partial charge in [0.1, 0.15) is 17.3 Å². The van der Waals surface area contributed by atoms with E-state index in [9.17, 15) is 13.2 Å². The van der Waals surface area contributed by atoms with E-state index in [0.717, 1.165) is 24.0 Å². The summed E-state index contributed by atoms with van der Waals surface area (Å²) in [7, 11) is 0. The molecule has 2 nitrogen and oxygen atoms in total. The highest BCUT2D eigenvalue weighted by atomic mass is 19.2.